The first-order valence-corrected chi connectivity index (χ1v) is 7.16. The first-order valence-electron chi connectivity index (χ1n) is 7.16. The van der Waals surface area contributed by atoms with Crippen LogP contribution in [-0.2, 0) is 0 Å². The van der Waals surface area contributed by atoms with Gasteiger partial charge in [-0.15, -0.1) is 0 Å². The number of phenolic OH excluding ortho intramolecular Hbond substituents is 1. The predicted octanol–water partition coefficient (Wildman–Crippen LogP) is 3.45. The molecule has 0 saturated heterocycles. The van der Waals surface area contributed by atoms with Crippen LogP contribution in [0, 0.1) is 20.8 Å². The maximum atomic E-state index is 12.1. The van der Waals surface area contributed by atoms with Gasteiger partial charge in [-0.05, 0) is 45.4 Å². The van der Waals surface area contributed by atoms with Crippen molar-refractivity contribution in [3.05, 3.63) is 52.5 Å². The van der Waals surface area contributed by atoms with Gasteiger partial charge in [0, 0.05) is 5.56 Å². The minimum absolute atomic E-state index is 0.149. The molecule has 0 aliphatic rings. The number of rotatable bonds is 4. The maximum Gasteiger partial charge on any atom is 0.274 e. The second kappa shape index (κ2) is 6.47. The van der Waals surface area contributed by atoms with E-state index in [4.69, 9.17) is 4.42 Å². The number of phenols is 1. The van der Waals surface area contributed by atoms with Gasteiger partial charge in [-0.1, -0.05) is 18.6 Å². The molecule has 1 amide bonds. The summed E-state index contributed by atoms with van der Waals surface area (Å²) in [5, 5.41) is 14.1. The van der Waals surface area contributed by atoms with E-state index in [1.54, 1.807) is 26.0 Å². The summed E-state index contributed by atoms with van der Waals surface area (Å²) in [6.07, 6.45) is 0.584. The molecule has 0 fully saturated rings. The van der Waals surface area contributed by atoms with E-state index >= 15 is 0 Å². The molecule has 0 saturated carbocycles. The number of aromatic hydroxyl groups is 1. The fourth-order valence-electron chi connectivity index (χ4n) is 2.25. The van der Waals surface area contributed by atoms with Crippen LogP contribution in [-0.4, -0.2) is 16.7 Å². The number of hydrogen-bond donors (Lipinski definition) is 2. The summed E-state index contributed by atoms with van der Waals surface area (Å²) in [7, 11) is 0. The third-order valence-corrected chi connectivity index (χ3v) is 3.38. The van der Waals surface area contributed by atoms with Crippen LogP contribution in [0.1, 0.15) is 46.3 Å². The zero-order valence-electron chi connectivity index (χ0n) is 13.2. The Balaban J connectivity index is 2.24. The van der Waals surface area contributed by atoms with Crippen molar-refractivity contribution in [1.29, 1.82) is 0 Å². The van der Waals surface area contributed by atoms with Gasteiger partial charge in [0.15, 0.2) is 0 Å². The monoisotopic (exact) mass is 300 g/mol. The van der Waals surface area contributed by atoms with Gasteiger partial charge in [-0.25, -0.2) is 5.43 Å². The molecule has 0 unspecified atom stereocenters. The molecule has 0 radical (unpaired) electrons. The Kier molecular flexibility index (Phi) is 4.65. The lowest BCUT2D eigenvalue weighted by Gasteiger charge is -2.08. The van der Waals surface area contributed by atoms with Crippen molar-refractivity contribution >= 4 is 11.6 Å². The van der Waals surface area contributed by atoms with Crippen LogP contribution in [0.2, 0.25) is 0 Å². The molecule has 22 heavy (non-hydrogen) atoms. The van der Waals surface area contributed by atoms with Crippen molar-refractivity contribution in [3.8, 4) is 5.75 Å². The molecule has 116 valence electrons. The number of furan rings is 1. The summed E-state index contributed by atoms with van der Waals surface area (Å²) in [4.78, 5) is 12.1. The maximum absolute atomic E-state index is 12.1. The summed E-state index contributed by atoms with van der Waals surface area (Å²) in [6.45, 7) is 7.38. The van der Waals surface area contributed by atoms with Gasteiger partial charge in [0.1, 0.15) is 17.3 Å². The molecule has 1 aromatic carbocycles. The molecule has 0 bridgehead atoms. The van der Waals surface area contributed by atoms with Gasteiger partial charge >= 0.3 is 0 Å². The molecule has 2 aromatic rings. The highest BCUT2D eigenvalue weighted by Gasteiger charge is 2.14. The van der Waals surface area contributed by atoms with Crippen LogP contribution < -0.4 is 5.43 Å². The molecule has 0 spiro atoms. The van der Waals surface area contributed by atoms with Crippen molar-refractivity contribution in [2.75, 3.05) is 0 Å². The minimum Gasteiger partial charge on any atom is -0.507 e. The highest BCUT2D eigenvalue weighted by molar-refractivity contribution is 6.04. The zero-order chi connectivity index (χ0) is 16.3. The Bertz CT molecular complexity index is 730. The lowest BCUT2D eigenvalue weighted by atomic mass is 10.0. The summed E-state index contributed by atoms with van der Waals surface area (Å²) >= 11 is 0. The average Bonchev–Trinajstić information content (AvgIpc) is 2.81. The molecule has 1 aromatic heterocycles. The minimum atomic E-state index is -0.326. The van der Waals surface area contributed by atoms with Crippen LogP contribution in [0.15, 0.2) is 33.8 Å². The Labute approximate surface area is 129 Å². The Morgan fingerprint density at radius 1 is 1.23 bits per heavy atom. The van der Waals surface area contributed by atoms with Crippen LogP contribution in [0.5, 0.6) is 5.75 Å². The normalized spacial score (nSPS) is 11.5. The van der Waals surface area contributed by atoms with Crippen LogP contribution >= 0.6 is 0 Å². The number of benzene rings is 1. The van der Waals surface area contributed by atoms with E-state index in [0.29, 0.717) is 34.8 Å². The summed E-state index contributed by atoms with van der Waals surface area (Å²) in [6, 6.07) is 6.97. The smallest absolute Gasteiger partial charge is 0.274 e. The van der Waals surface area contributed by atoms with E-state index in [-0.39, 0.29) is 11.7 Å². The van der Waals surface area contributed by atoms with Gasteiger partial charge in [-0.3, -0.25) is 4.79 Å². The predicted molar refractivity (Wildman–Crippen MR) is 85.3 cm³/mol. The van der Waals surface area contributed by atoms with E-state index in [9.17, 15) is 9.90 Å². The van der Waals surface area contributed by atoms with Gasteiger partial charge in [0.2, 0.25) is 0 Å². The van der Waals surface area contributed by atoms with Crippen LogP contribution in [0.3, 0.4) is 0 Å². The molecule has 2 rings (SSSR count). The Morgan fingerprint density at radius 3 is 2.55 bits per heavy atom. The van der Waals surface area contributed by atoms with Gasteiger partial charge in [-0.2, -0.15) is 5.10 Å². The lowest BCUT2D eigenvalue weighted by Crippen LogP contribution is -2.20. The highest BCUT2D eigenvalue weighted by Crippen LogP contribution is 2.20. The molecule has 0 aliphatic carbocycles. The second-order valence-corrected chi connectivity index (χ2v) is 5.20. The molecular weight excluding hydrogens is 280 g/mol. The van der Waals surface area contributed by atoms with Crippen molar-refractivity contribution in [3.63, 3.8) is 0 Å². The number of aryl methyl sites for hydroxylation is 3. The van der Waals surface area contributed by atoms with Gasteiger partial charge in [0.25, 0.3) is 5.91 Å². The van der Waals surface area contributed by atoms with Crippen molar-refractivity contribution < 1.29 is 14.3 Å². The zero-order valence-corrected chi connectivity index (χ0v) is 13.2. The lowest BCUT2D eigenvalue weighted by molar-refractivity contribution is 0.0953. The SMILES string of the molecule is CC/C(=N\NC(=O)c1cc(C)oc1C)c1cc(C)ccc1O. The number of carbonyl (C=O) groups excluding carboxylic acids is 1. The van der Waals surface area contributed by atoms with E-state index in [1.165, 1.54) is 0 Å². The highest BCUT2D eigenvalue weighted by atomic mass is 16.3. The van der Waals surface area contributed by atoms with Crippen molar-refractivity contribution in [1.82, 2.24) is 5.43 Å². The molecule has 0 aliphatic heterocycles. The van der Waals surface area contributed by atoms with Gasteiger partial charge < -0.3 is 9.52 Å². The third-order valence-electron chi connectivity index (χ3n) is 3.38. The third kappa shape index (κ3) is 3.36. The van der Waals surface area contributed by atoms with Crippen molar-refractivity contribution in [2.45, 2.75) is 34.1 Å². The summed E-state index contributed by atoms with van der Waals surface area (Å²) in [5.74, 6) is 1.06. The molecule has 5 nitrogen and oxygen atoms in total. The first kappa shape index (κ1) is 15.8. The largest absolute Gasteiger partial charge is 0.507 e. The Morgan fingerprint density at radius 2 is 1.95 bits per heavy atom. The molecular formula is C17H20N2O3. The van der Waals surface area contributed by atoms with E-state index in [2.05, 4.69) is 10.5 Å². The summed E-state index contributed by atoms with van der Waals surface area (Å²) in [5.41, 5.74) is 5.25. The first-order chi connectivity index (χ1) is 10.4. The number of nitrogens with one attached hydrogen (secondary N) is 1. The number of carbonyl (C=O) groups is 1. The molecule has 0 atom stereocenters. The van der Waals surface area contributed by atoms with Crippen molar-refractivity contribution in [2.24, 2.45) is 5.10 Å². The second-order valence-electron chi connectivity index (χ2n) is 5.20. The van der Waals surface area contributed by atoms with E-state index < -0.39 is 0 Å². The number of hydrazone groups is 1. The average molecular weight is 300 g/mol. The standard InChI is InChI=1S/C17H20N2O3/c1-5-15(14-8-10(2)6-7-16(14)20)18-19-17(21)13-9-11(3)22-12(13)4/h6-9,20H,5H2,1-4H3,(H,19,21)/b18-15+. The quantitative estimate of drug-likeness (QED) is 0.670. The molecule has 1 heterocycles. The topological polar surface area (TPSA) is 74.8 Å². The van der Waals surface area contributed by atoms with E-state index in [1.807, 2.05) is 26.0 Å². The van der Waals surface area contributed by atoms with Crippen LogP contribution in [0.25, 0.3) is 0 Å². The van der Waals surface area contributed by atoms with E-state index in [0.717, 1.165) is 5.56 Å². The molecule has 2 N–H and O–H groups in total. The number of hydrogen-bond acceptors (Lipinski definition) is 4. The fraction of sp³-hybridized carbons (Fsp3) is 0.294. The molecule has 5 heteroatoms. The number of nitrogens with zero attached hydrogens (tertiary/aromatic N) is 1. The summed E-state index contributed by atoms with van der Waals surface area (Å²) < 4.78 is 5.34. The number of amides is 1. The fourth-order valence-corrected chi connectivity index (χ4v) is 2.25. The van der Waals surface area contributed by atoms with Crippen LogP contribution in [0.4, 0.5) is 0 Å². The van der Waals surface area contributed by atoms with Gasteiger partial charge in [0.05, 0.1) is 11.3 Å². The Hall–Kier alpha value is -2.56.